The number of piperidine rings is 1. The van der Waals surface area contributed by atoms with Crippen LogP contribution in [0.25, 0.3) is 0 Å². The van der Waals surface area contributed by atoms with Crippen molar-refractivity contribution in [3.8, 4) is 0 Å². The Morgan fingerprint density at radius 1 is 1.38 bits per heavy atom. The van der Waals surface area contributed by atoms with E-state index in [9.17, 15) is 18.0 Å². The Hall–Kier alpha value is -1.15. The van der Waals surface area contributed by atoms with Crippen LogP contribution in [0.2, 0.25) is 0 Å². The number of aliphatic carboxylic acids is 1. The second-order valence-electron chi connectivity index (χ2n) is 6.07. The quantitative estimate of drug-likeness (QED) is 0.748. The highest BCUT2D eigenvalue weighted by Gasteiger charge is 2.43. The maximum absolute atomic E-state index is 12.5. The monoisotopic (exact) mass is 321 g/mol. The highest BCUT2D eigenvalue weighted by atomic mass is 32.2. The number of nitrogens with zero attached hydrogens (tertiary/aromatic N) is 1. The van der Waals surface area contributed by atoms with Crippen LogP contribution in [0.15, 0.2) is 0 Å². The number of hydrogen-bond acceptors (Lipinski definition) is 5. The topological polar surface area (TPSA) is 101 Å². The Morgan fingerprint density at radius 2 is 1.95 bits per heavy atom. The molecule has 2 atom stereocenters. The fourth-order valence-corrected chi connectivity index (χ4v) is 4.97. The lowest BCUT2D eigenvalue weighted by Gasteiger charge is -2.37. The van der Waals surface area contributed by atoms with Gasteiger partial charge < -0.3 is 9.84 Å². The minimum Gasteiger partial charge on any atom is -0.481 e. The number of hydrogen-bond donors (Lipinski definition) is 1. The number of rotatable bonds is 5. The van der Waals surface area contributed by atoms with Crippen LogP contribution < -0.4 is 0 Å². The summed E-state index contributed by atoms with van der Waals surface area (Å²) in [5.41, 5.74) is -1.18. The molecule has 0 aromatic heterocycles. The number of carboxylic acid groups (broad SMARTS) is 1. The molecule has 1 aliphatic rings. The molecule has 0 saturated carbocycles. The van der Waals surface area contributed by atoms with Gasteiger partial charge in [0.25, 0.3) is 0 Å². The van der Waals surface area contributed by atoms with Crippen LogP contribution in [0.4, 0.5) is 0 Å². The first-order valence-corrected chi connectivity index (χ1v) is 8.44. The van der Waals surface area contributed by atoms with E-state index >= 15 is 0 Å². The summed E-state index contributed by atoms with van der Waals surface area (Å²) in [7, 11) is -2.53. The number of carboxylic acids is 1. The van der Waals surface area contributed by atoms with E-state index in [0.717, 1.165) is 0 Å². The fraction of sp³-hybridized carbons (Fsp3) is 0.846. The molecule has 7 nitrogen and oxygen atoms in total. The lowest BCUT2D eigenvalue weighted by atomic mass is 9.92. The Bertz CT molecular complexity index is 513. The Labute approximate surface area is 125 Å². The first-order chi connectivity index (χ1) is 9.53. The van der Waals surface area contributed by atoms with Crippen LogP contribution in [-0.2, 0) is 24.3 Å². The Morgan fingerprint density at radius 3 is 2.43 bits per heavy atom. The molecular formula is C13H23NO6S. The average Bonchev–Trinajstić information content (AvgIpc) is 2.35. The van der Waals surface area contributed by atoms with Gasteiger partial charge in [0.15, 0.2) is 0 Å². The van der Waals surface area contributed by atoms with Gasteiger partial charge >= 0.3 is 11.9 Å². The number of esters is 1. The van der Waals surface area contributed by atoms with Crippen molar-refractivity contribution in [3.63, 3.8) is 0 Å². The summed E-state index contributed by atoms with van der Waals surface area (Å²) < 4.78 is 30.9. The second-order valence-corrected chi connectivity index (χ2v) is 7.99. The van der Waals surface area contributed by atoms with Crippen LogP contribution in [-0.4, -0.2) is 55.2 Å². The molecule has 0 aromatic rings. The zero-order valence-corrected chi connectivity index (χ0v) is 13.6. The predicted octanol–water partition coefficient (Wildman–Crippen LogP) is 0.700. The smallest absolute Gasteiger partial charge is 0.312 e. The number of carbonyl (C=O) groups excluding carboxylic acids is 1. The van der Waals surface area contributed by atoms with Gasteiger partial charge in [-0.25, -0.2) is 8.42 Å². The van der Waals surface area contributed by atoms with E-state index in [0.29, 0.717) is 12.8 Å². The molecule has 1 aliphatic heterocycles. The summed E-state index contributed by atoms with van der Waals surface area (Å²) >= 11 is 0. The molecule has 1 N–H and O–H groups in total. The van der Waals surface area contributed by atoms with Crippen molar-refractivity contribution in [2.45, 2.75) is 39.7 Å². The van der Waals surface area contributed by atoms with E-state index in [1.807, 2.05) is 0 Å². The summed E-state index contributed by atoms with van der Waals surface area (Å²) in [4.78, 5) is 22.8. The zero-order valence-electron chi connectivity index (χ0n) is 12.8. The van der Waals surface area contributed by atoms with E-state index in [-0.39, 0.29) is 6.54 Å². The molecular weight excluding hydrogens is 298 g/mol. The molecule has 1 heterocycles. The van der Waals surface area contributed by atoms with Gasteiger partial charge in [0.05, 0.1) is 24.2 Å². The molecule has 0 aromatic carbocycles. The summed E-state index contributed by atoms with van der Waals surface area (Å²) in [6.07, 6.45) is 0.960. The van der Waals surface area contributed by atoms with Crippen LogP contribution in [0.5, 0.6) is 0 Å². The van der Waals surface area contributed by atoms with Gasteiger partial charge in [-0.15, -0.1) is 0 Å². The van der Waals surface area contributed by atoms with Crippen molar-refractivity contribution >= 4 is 22.0 Å². The van der Waals surface area contributed by atoms with Gasteiger partial charge in [0, 0.05) is 12.6 Å². The maximum Gasteiger partial charge on any atom is 0.312 e. The molecule has 0 spiro atoms. The van der Waals surface area contributed by atoms with Crippen LogP contribution in [0.3, 0.4) is 0 Å². The van der Waals surface area contributed by atoms with Gasteiger partial charge in [-0.1, -0.05) is 0 Å². The number of ether oxygens (including phenoxy) is 1. The molecule has 1 fully saturated rings. The highest BCUT2D eigenvalue weighted by Crippen LogP contribution is 2.29. The summed E-state index contributed by atoms with van der Waals surface area (Å²) in [5, 5.41) is 9.16. The molecule has 122 valence electrons. The van der Waals surface area contributed by atoms with Crippen molar-refractivity contribution in [2.75, 3.05) is 19.4 Å². The van der Waals surface area contributed by atoms with E-state index in [2.05, 4.69) is 4.74 Å². The van der Waals surface area contributed by atoms with E-state index in [1.165, 1.54) is 25.3 Å². The second kappa shape index (κ2) is 6.31. The predicted molar refractivity (Wildman–Crippen MR) is 76.1 cm³/mol. The molecule has 21 heavy (non-hydrogen) atoms. The molecule has 8 heteroatoms. The highest BCUT2D eigenvalue weighted by molar-refractivity contribution is 7.89. The molecule has 0 aliphatic carbocycles. The van der Waals surface area contributed by atoms with Gasteiger partial charge in [-0.3, -0.25) is 9.59 Å². The average molecular weight is 321 g/mol. The summed E-state index contributed by atoms with van der Waals surface area (Å²) in [6, 6.07) is -0.616. The van der Waals surface area contributed by atoms with Gasteiger partial charge in [0.1, 0.15) is 0 Å². The number of carbonyl (C=O) groups is 2. The largest absolute Gasteiger partial charge is 0.481 e. The molecule has 0 radical (unpaired) electrons. The van der Waals surface area contributed by atoms with E-state index in [4.69, 9.17) is 5.11 Å². The minimum absolute atomic E-state index is 0.282. The number of methoxy groups -OCH3 is 1. The van der Waals surface area contributed by atoms with E-state index in [1.54, 1.807) is 6.92 Å². The van der Waals surface area contributed by atoms with Crippen molar-refractivity contribution < 1.29 is 27.9 Å². The molecule has 1 rings (SSSR count). The fourth-order valence-electron chi connectivity index (χ4n) is 2.71. The Balaban J connectivity index is 2.97. The maximum atomic E-state index is 12.5. The van der Waals surface area contributed by atoms with Gasteiger partial charge in [-0.2, -0.15) is 4.31 Å². The third-order valence-electron chi connectivity index (χ3n) is 3.89. The van der Waals surface area contributed by atoms with Crippen molar-refractivity contribution in [1.82, 2.24) is 4.31 Å². The van der Waals surface area contributed by atoms with Crippen molar-refractivity contribution in [3.05, 3.63) is 0 Å². The molecule has 0 unspecified atom stereocenters. The van der Waals surface area contributed by atoms with Crippen LogP contribution in [0, 0.1) is 11.3 Å². The zero-order chi connectivity index (χ0) is 16.4. The third kappa shape index (κ3) is 3.94. The van der Waals surface area contributed by atoms with E-state index < -0.39 is 45.1 Å². The standard InChI is InChI=1S/C13H23NO6S/c1-9-10(11(15)16)6-5-7-14(9)21(18,19)8-13(2,3)12(17)20-4/h9-10H,5-8H2,1-4H3,(H,15,16)/t9-,10-/m0/s1. The summed E-state index contributed by atoms with van der Waals surface area (Å²) in [6.45, 7) is 4.88. The lowest BCUT2D eigenvalue weighted by Crippen LogP contribution is -2.51. The number of sulfonamides is 1. The normalized spacial score (nSPS) is 24.6. The van der Waals surface area contributed by atoms with Gasteiger partial charge in [-0.05, 0) is 33.6 Å². The Kier molecular flexibility index (Phi) is 5.38. The van der Waals surface area contributed by atoms with Crippen LogP contribution in [0.1, 0.15) is 33.6 Å². The van der Waals surface area contributed by atoms with Crippen molar-refractivity contribution in [1.29, 1.82) is 0 Å². The third-order valence-corrected chi connectivity index (χ3v) is 6.20. The lowest BCUT2D eigenvalue weighted by molar-refractivity contribution is -0.149. The SMILES string of the molecule is COC(=O)C(C)(C)CS(=O)(=O)N1CCC[C@H](C(=O)O)[C@@H]1C. The molecule has 1 saturated heterocycles. The van der Waals surface area contributed by atoms with Crippen molar-refractivity contribution in [2.24, 2.45) is 11.3 Å². The first kappa shape index (κ1) is 17.9. The first-order valence-electron chi connectivity index (χ1n) is 6.83. The summed E-state index contributed by atoms with van der Waals surface area (Å²) in [5.74, 6) is -2.71. The molecule has 0 bridgehead atoms. The molecule has 0 amide bonds. The van der Waals surface area contributed by atoms with Crippen LogP contribution >= 0.6 is 0 Å². The van der Waals surface area contributed by atoms with Gasteiger partial charge in [0.2, 0.25) is 10.0 Å². The minimum atomic E-state index is -3.74.